The molecule has 0 aliphatic rings. The summed E-state index contributed by atoms with van der Waals surface area (Å²) in [4.78, 5) is 10.7. The first kappa shape index (κ1) is 11.6. The zero-order valence-corrected chi connectivity index (χ0v) is 8.21. The van der Waals surface area contributed by atoms with Gasteiger partial charge in [-0.1, -0.05) is 12.1 Å². The van der Waals surface area contributed by atoms with E-state index in [2.05, 4.69) is 5.32 Å². The average molecular weight is 214 g/mol. The van der Waals surface area contributed by atoms with Gasteiger partial charge in [-0.05, 0) is 17.7 Å². The van der Waals surface area contributed by atoms with Crippen LogP contribution in [0.15, 0.2) is 24.3 Å². The Morgan fingerprint density at radius 2 is 1.87 bits per heavy atom. The van der Waals surface area contributed by atoms with Crippen molar-refractivity contribution in [1.29, 1.82) is 0 Å². The van der Waals surface area contributed by atoms with Crippen LogP contribution in [0.5, 0.6) is 0 Å². The lowest BCUT2D eigenvalue weighted by Gasteiger charge is -2.11. The molecule has 0 spiro atoms. The molecule has 0 fully saturated rings. The van der Waals surface area contributed by atoms with E-state index < -0.39 is 12.5 Å². The maximum absolute atomic E-state index is 12.2. The molecule has 5 heteroatoms. The van der Waals surface area contributed by atoms with Crippen LogP contribution in [0.3, 0.4) is 0 Å². The van der Waals surface area contributed by atoms with Crippen molar-refractivity contribution in [3.8, 4) is 0 Å². The number of amides is 1. The van der Waals surface area contributed by atoms with Crippen LogP contribution < -0.4 is 11.1 Å². The second kappa shape index (κ2) is 4.84. The van der Waals surface area contributed by atoms with Gasteiger partial charge in [-0.2, -0.15) is 0 Å². The molecular formula is C10H12F2N2O. The van der Waals surface area contributed by atoms with E-state index in [9.17, 15) is 13.6 Å². The van der Waals surface area contributed by atoms with Gasteiger partial charge in [0.2, 0.25) is 5.91 Å². The van der Waals surface area contributed by atoms with Crippen molar-refractivity contribution in [3.05, 3.63) is 29.8 Å². The molecule has 1 aromatic carbocycles. The topological polar surface area (TPSA) is 55.1 Å². The van der Waals surface area contributed by atoms with Gasteiger partial charge in [0.05, 0.1) is 6.04 Å². The minimum atomic E-state index is -2.59. The number of halogens is 2. The van der Waals surface area contributed by atoms with E-state index in [0.717, 1.165) is 0 Å². The van der Waals surface area contributed by atoms with Crippen molar-refractivity contribution in [1.82, 2.24) is 0 Å². The molecule has 1 aromatic rings. The van der Waals surface area contributed by atoms with Gasteiger partial charge in [0.25, 0.3) is 6.43 Å². The number of rotatable bonds is 3. The van der Waals surface area contributed by atoms with Gasteiger partial charge >= 0.3 is 0 Å². The fourth-order valence-corrected chi connectivity index (χ4v) is 1.14. The fourth-order valence-electron chi connectivity index (χ4n) is 1.14. The van der Waals surface area contributed by atoms with Gasteiger partial charge in [0.15, 0.2) is 0 Å². The number of hydrogen-bond acceptors (Lipinski definition) is 2. The van der Waals surface area contributed by atoms with Crippen molar-refractivity contribution < 1.29 is 13.6 Å². The number of carbonyl (C=O) groups excluding carboxylic acids is 1. The summed E-state index contributed by atoms with van der Waals surface area (Å²) in [5, 5.41) is 2.53. The molecule has 0 heterocycles. The van der Waals surface area contributed by atoms with Crippen LogP contribution in [-0.4, -0.2) is 12.3 Å². The van der Waals surface area contributed by atoms with E-state index in [-0.39, 0.29) is 5.91 Å². The van der Waals surface area contributed by atoms with Crippen molar-refractivity contribution in [2.24, 2.45) is 5.73 Å². The molecule has 0 radical (unpaired) electrons. The van der Waals surface area contributed by atoms with E-state index in [1.54, 1.807) is 12.1 Å². The molecule has 0 bridgehead atoms. The molecule has 1 atom stereocenters. The number of hydrogen-bond donors (Lipinski definition) is 2. The van der Waals surface area contributed by atoms with Gasteiger partial charge in [-0.25, -0.2) is 8.78 Å². The lowest BCUT2D eigenvalue weighted by atomic mass is 10.1. The molecule has 3 nitrogen and oxygen atoms in total. The Kier molecular flexibility index (Phi) is 3.74. The standard InChI is InChI=1S/C10H12F2N2O/c1-6(15)14-8-4-2-7(3-5-8)9(13)10(11)12/h2-5,9-10H,13H2,1H3,(H,14,15). The second-order valence-corrected chi connectivity index (χ2v) is 3.16. The summed E-state index contributed by atoms with van der Waals surface area (Å²) in [6.07, 6.45) is -2.59. The van der Waals surface area contributed by atoms with E-state index in [1.165, 1.54) is 19.1 Å². The average Bonchev–Trinajstić information content (AvgIpc) is 2.17. The van der Waals surface area contributed by atoms with Gasteiger partial charge in [0, 0.05) is 12.6 Å². The largest absolute Gasteiger partial charge is 0.326 e. The van der Waals surface area contributed by atoms with Crippen LogP contribution in [0, 0.1) is 0 Å². The zero-order chi connectivity index (χ0) is 11.4. The minimum absolute atomic E-state index is 0.207. The molecule has 0 saturated heterocycles. The number of carbonyl (C=O) groups is 1. The monoisotopic (exact) mass is 214 g/mol. The molecule has 1 unspecified atom stereocenters. The molecule has 0 aliphatic carbocycles. The SMILES string of the molecule is CC(=O)Nc1ccc(C(N)C(F)F)cc1. The summed E-state index contributed by atoms with van der Waals surface area (Å²) in [6, 6.07) is 4.75. The number of alkyl halides is 2. The van der Waals surface area contributed by atoms with E-state index in [1.807, 2.05) is 0 Å². The van der Waals surface area contributed by atoms with Gasteiger partial charge in [-0.15, -0.1) is 0 Å². The highest BCUT2D eigenvalue weighted by molar-refractivity contribution is 5.88. The summed E-state index contributed by atoms with van der Waals surface area (Å²) in [6.45, 7) is 1.37. The van der Waals surface area contributed by atoms with E-state index in [4.69, 9.17) is 5.73 Å². The maximum atomic E-state index is 12.2. The summed E-state index contributed by atoms with van der Waals surface area (Å²) < 4.78 is 24.5. The van der Waals surface area contributed by atoms with Gasteiger partial charge in [-0.3, -0.25) is 4.79 Å². The predicted octanol–water partition coefficient (Wildman–Crippen LogP) is 1.91. The van der Waals surface area contributed by atoms with E-state index >= 15 is 0 Å². The molecule has 0 aliphatic heterocycles. The lowest BCUT2D eigenvalue weighted by Crippen LogP contribution is -2.18. The van der Waals surface area contributed by atoms with Crippen molar-refractivity contribution in [3.63, 3.8) is 0 Å². The maximum Gasteiger partial charge on any atom is 0.257 e. The van der Waals surface area contributed by atoms with Gasteiger partial charge in [0.1, 0.15) is 0 Å². The quantitative estimate of drug-likeness (QED) is 0.807. The second-order valence-electron chi connectivity index (χ2n) is 3.16. The highest BCUT2D eigenvalue weighted by atomic mass is 19.3. The third kappa shape index (κ3) is 3.28. The highest BCUT2D eigenvalue weighted by Gasteiger charge is 2.16. The molecule has 0 aromatic heterocycles. The van der Waals surface area contributed by atoms with Crippen LogP contribution in [0.1, 0.15) is 18.5 Å². The molecule has 3 N–H and O–H groups in total. The molecule has 1 rings (SSSR count). The normalized spacial score (nSPS) is 12.6. The summed E-state index contributed by atoms with van der Waals surface area (Å²) in [5.41, 5.74) is 6.16. The van der Waals surface area contributed by atoms with Crippen molar-refractivity contribution >= 4 is 11.6 Å². The van der Waals surface area contributed by atoms with Crippen LogP contribution >= 0.6 is 0 Å². The summed E-state index contributed by atoms with van der Waals surface area (Å²) in [5.74, 6) is -0.207. The first-order valence-electron chi connectivity index (χ1n) is 4.42. The smallest absolute Gasteiger partial charge is 0.257 e. The van der Waals surface area contributed by atoms with Crippen LogP contribution in [0.25, 0.3) is 0 Å². The Hall–Kier alpha value is -1.49. The number of nitrogens with one attached hydrogen (secondary N) is 1. The van der Waals surface area contributed by atoms with E-state index in [0.29, 0.717) is 11.3 Å². The summed E-state index contributed by atoms with van der Waals surface area (Å²) in [7, 11) is 0. The molecule has 1 amide bonds. The van der Waals surface area contributed by atoms with Crippen LogP contribution in [0.2, 0.25) is 0 Å². The van der Waals surface area contributed by atoms with Crippen LogP contribution in [-0.2, 0) is 4.79 Å². The highest BCUT2D eigenvalue weighted by Crippen LogP contribution is 2.19. The Morgan fingerprint density at radius 1 is 1.33 bits per heavy atom. The van der Waals surface area contributed by atoms with Gasteiger partial charge < -0.3 is 11.1 Å². The fraction of sp³-hybridized carbons (Fsp3) is 0.300. The number of anilines is 1. The van der Waals surface area contributed by atoms with Crippen molar-refractivity contribution in [2.45, 2.75) is 19.4 Å². The predicted molar refractivity (Wildman–Crippen MR) is 53.7 cm³/mol. The minimum Gasteiger partial charge on any atom is -0.326 e. The Labute approximate surface area is 86.3 Å². The molecular weight excluding hydrogens is 202 g/mol. The third-order valence-corrected chi connectivity index (χ3v) is 1.89. The Bertz CT molecular complexity index is 338. The Balaban J connectivity index is 2.76. The molecule has 0 saturated carbocycles. The van der Waals surface area contributed by atoms with Crippen molar-refractivity contribution in [2.75, 3.05) is 5.32 Å². The lowest BCUT2D eigenvalue weighted by molar-refractivity contribution is -0.114. The first-order chi connectivity index (χ1) is 7.00. The molecule has 82 valence electrons. The molecule has 15 heavy (non-hydrogen) atoms. The third-order valence-electron chi connectivity index (χ3n) is 1.89. The Morgan fingerprint density at radius 3 is 2.27 bits per heavy atom. The van der Waals surface area contributed by atoms with Crippen LogP contribution in [0.4, 0.5) is 14.5 Å². The summed E-state index contributed by atoms with van der Waals surface area (Å²) >= 11 is 0. The zero-order valence-electron chi connectivity index (χ0n) is 8.21. The number of nitrogens with two attached hydrogens (primary N) is 1. The first-order valence-corrected chi connectivity index (χ1v) is 4.42. The number of benzene rings is 1.